The number of rotatable bonds is 4. The number of hydrogen-bond acceptors (Lipinski definition) is 3. The molecule has 0 aromatic carbocycles. The van der Waals surface area contributed by atoms with Crippen LogP contribution in [0.1, 0.15) is 27.7 Å². The van der Waals surface area contributed by atoms with Crippen LogP contribution >= 0.6 is 11.6 Å². The molecule has 21 heavy (non-hydrogen) atoms. The lowest BCUT2D eigenvalue weighted by atomic mass is 9.82. The van der Waals surface area contributed by atoms with Crippen LogP contribution in [-0.4, -0.2) is 22.5 Å². The molecule has 1 aromatic heterocycles. The van der Waals surface area contributed by atoms with Crippen LogP contribution in [0.4, 0.5) is 18.9 Å². The maximum atomic E-state index is 12.3. The molecular weight excluding hydrogens is 307 g/mol. The molecule has 1 aromatic rings. The first kappa shape index (κ1) is 17.8. The molecular formula is C13H19ClF3N3O. The monoisotopic (exact) mass is 325 g/mol. The SMILES string of the molecule is CC(CNc1cnn(CC(F)(F)F)c(=O)c1Cl)C(C)(C)C. The van der Waals surface area contributed by atoms with Crippen molar-refractivity contribution in [3.63, 3.8) is 0 Å². The van der Waals surface area contributed by atoms with E-state index in [0.29, 0.717) is 11.2 Å². The quantitative estimate of drug-likeness (QED) is 0.921. The van der Waals surface area contributed by atoms with E-state index < -0.39 is 18.3 Å². The molecule has 0 saturated heterocycles. The Kier molecular flexibility index (Phi) is 5.30. The smallest absolute Gasteiger partial charge is 0.382 e. The Morgan fingerprint density at radius 3 is 2.43 bits per heavy atom. The summed E-state index contributed by atoms with van der Waals surface area (Å²) < 4.78 is 37.1. The topological polar surface area (TPSA) is 46.9 Å². The van der Waals surface area contributed by atoms with Crippen molar-refractivity contribution in [1.29, 1.82) is 0 Å². The summed E-state index contributed by atoms with van der Waals surface area (Å²) in [5, 5.41) is 6.18. The highest BCUT2D eigenvalue weighted by Gasteiger charge is 2.30. The molecule has 1 unspecified atom stereocenters. The maximum Gasteiger partial charge on any atom is 0.408 e. The van der Waals surface area contributed by atoms with E-state index in [9.17, 15) is 18.0 Å². The zero-order valence-electron chi connectivity index (χ0n) is 12.4. The van der Waals surface area contributed by atoms with Gasteiger partial charge in [0.1, 0.15) is 11.6 Å². The van der Waals surface area contributed by atoms with Crippen molar-refractivity contribution >= 4 is 17.3 Å². The van der Waals surface area contributed by atoms with E-state index in [1.165, 1.54) is 0 Å². The minimum absolute atomic E-state index is 0.0537. The summed E-state index contributed by atoms with van der Waals surface area (Å²) in [6.07, 6.45) is -3.37. The zero-order chi connectivity index (χ0) is 16.4. The van der Waals surface area contributed by atoms with Crippen LogP contribution in [0.3, 0.4) is 0 Å². The number of nitrogens with one attached hydrogen (secondary N) is 1. The summed E-state index contributed by atoms with van der Waals surface area (Å²) in [6, 6.07) is 0. The number of nitrogens with zero attached hydrogens (tertiary/aromatic N) is 2. The van der Waals surface area contributed by atoms with Gasteiger partial charge in [-0.25, -0.2) is 4.68 Å². The van der Waals surface area contributed by atoms with Crippen LogP contribution in [0, 0.1) is 11.3 Å². The van der Waals surface area contributed by atoms with Gasteiger partial charge in [0.15, 0.2) is 0 Å². The summed E-state index contributed by atoms with van der Waals surface area (Å²) in [6.45, 7) is 7.32. The van der Waals surface area contributed by atoms with Gasteiger partial charge in [-0.05, 0) is 11.3 Å². The third-order valence-electron chi connectivity index (χ3n) is 3.39. The molecule has 0 aliphatic heterocycles. The van der Waals surface area contributed by atoms with E-state index in [1.807, 2.05) is 6.92 Å². The van der Waals surface area contributed by atoms with Crippen LogP contribution in [0.5, 0.6) is 0 Å². The number of hydrogen-bond donors (Lipinski definition) is 1. The van der Waals surface area contributed by atoms with Crippen LogP contribution in [0.2, 0.25) is 5.02 Å². The summed E-state index contributed by atoms with van der Waals surface area (Å²) in [4.78, 5) is 11.7. The van der Waals surface area contributed by atoms with Crippen molar-refractivity contribution in [3.05, 3.63) is 21.6 Å². The summed E-state index contributed by atoms with van der Waals surface area (Å²) in [5.41, 5.74) is -0.656. The van der Waals surface area contributed by atoms with Gasteiger partial charge in [-0.1, -0.05) is 39.3 Å². The minimum Gasteiger partial charge on any atom is -0.382 e. The van der Waals surface area contributed by atoms with E-state index in [2.05, 4.69) is 31.2 Å². The molecule has 0 aliphatic rings. The Morgan fingerprint density at radius 2 is 1.95 bits per heavy atom. The highest BCUT2D eigenvalue weighted by molar-refractivity contribution is 6.32. The molecule has 0 spiro atoms. The standard InChI is InChI=1S/C13H19ClF3N3O/c1-8(12(2,3)4)5-18-9-6-19-20(7-13(15,16)17)11(21)10(9)14/h6,8,18H,5,7H2,1-4H3. The second kappa shape index (κ2) is 6.25. The highest BCUT2D eigenvalue weighted by atomic mass is 35.5. The van der Waals surface area contributed by atoms with Gasteiger partial charge in [-0.15, -0.1) is 0 Å². The van der Waals surface area contributed by atoms with Gasteiger partial charge in [0.2, 0.25) is 0 Å². The fraction of sp³-hybridized carbons (Fsp3) is 0.692. The fourth-order valence-electron chi connectivity index (χ4n) is 1.44. The third-order valence-corrected chi connectivity index (χ3v) is 3.76. The molecule has 0 bridgehead atoms. The molecule has 0 amide bonds. The molecule has 1 atom stereocenters. The maximum absolute atomic E-state index is 12.3. The molecule has 0 aliphatic carbocycles. The van der Waals surface area contributed by atoms with Crippen molar-refractivity contribution in [2.75, 3.05) is 11.9 Å². The van der Waals surface area contributed by atoms with E-state index in [-0.39, 0.29) is 22.0 Å². The van der Waals surface area contributed by atoms with Crippen LogP contribution in [0.25, 0.3) is 0 Å². The third kappa shape index (κ3) is 5.22. The van der Waals surface area contributed by atoms with Gasteiger partial charge >= 0.3 is 6.18 Å². The van der Waals surface area contributed by atoms with Crippen LogP contribution < -0.4 is 10.9 Å². The number of halogens is 4. The molecule has 0 fully saturated rings. The molecule has 0 saturated carbocycles. The number of aromatic nitrogens is 2. The van der Waals surface area contributed by atoms with Gasteiger partial charge in [0, 0.05) is 6.54 Å². The Hall–Kier alpha value is -1.24. The van der Waals surface area contributed by atoms with Gasteiger partial charge in [-0.2, -0.15) is 18.3 Å². The van der Waals surface area contributed by atoms with Gasteiger partial charge < -0.3 is 5.32 Å². The first-order valence-corrected chi connectivity index (χ1v) is 6.86. The van der Waals surface area contributed by atoms with E-state index in [4.69, 9.17) is 11.6 Å². The van der Waals surface area contributed by atoms with Crippen molar-refractivity contribution in [1.82, 2.24) is 9.78 Å². The Labute approximate surface area is 126 Å². The predicted molar refractivity (Wildman–Crippen MR) is 76.7 cm³/mol. The van der Waals surface area contributed by atoms with Crippen LogP contribution in [0.15, 0.2) is 11.0 Å². The normalized spacial score (nSPS) is 14.1. The number of alkyl halides is 3. The lowest BCUT2D eigenvalue weighted by molar-refractivity contribution is -0.143. The van der Waals surface area contributed by atoms with Gasteiger partial charge in [-0.3, -0.25) is 4.79 Å². The predicted octanol–water partition coefficient (Wildman–Crippen LogP) is 3.55. The van der Waals surface area contributed by atoms with Crippen molar-refractivity contribution < 1.29 is 13.2 Å². The second-order valence-electron chi connectivity index (χ2n) is 6.10. The average molecular weight is 326 g/mol. The largest absolute Gasteiger partial charge is 0.408 e. The first-order valence-electron chi connectivity index (χ1n) is 6.48. The Balaban J connectivity index is 2.88. The highest BCUT2D eigenvalue weighted by Crippen LogP contribution is 2.26. The van der Waals surface area contributed by atoms with Crippen LogP contribution in [-0.2, 0) is 6.54 Å². The van der Waals surface area contributed by atoms with E-state index in [1.54, 1.807) is 0 Å². The summed E-state index contributed by atoms with van der Waals surface area (Å²) in [5.74, 6) is 0.270. The lowest BCUT2D eigenvalue weighted by Crippen LogP contribution is -2.31. The van der Waals surface area contributed by atoms with Crippen molar-refractivity contribution in [2.24, 2.45) is 11.3 Å². The number of anilines is 1. The molecule has 4 nitrogen and oxygen atoms in total. The zero-order valence-corrected chi connectivity index (χ0v) is 13.1. The lowest BCUT2D eigenvalue weighted by Gasteiger charge is -2.27. The molecule has 1 rings (SSSR count). The molecule has 1 N–H and O–H groups in total. The molecule has 8 heteroatoms. The van der Waals surface area contributed by atoms with Crippen molar-refractivity contribution in [2.45, 2.75) is 40.4 Å². The molecule has 0 radical (unpaired) electrons. The van der Waals surface area contributed by atoms with E-state index in [0.717, 1.165) is 6.20 Å². The minimum atomic E-state index is -4.52. The Morgan fingerprint density at radius 1 is 1.38 bits per heavy atom. The van der Waals surface area contributed by atoms with E-state index >= 15 is 0 Å². The van der Waals surface area contributed by atoms with Crippen molar-refractivity contribution in [3.8, 4) is 0 Å². The average Bonchev–Trinajstić information content (AvgIpc) is 2.31. The summed E-state index contributed by atoms with van der Waals surface area (Å²) in [7, 11) is 0. The fourth-order valence-corrected chi connectivity index (χ4v) is 1.65. The molecule has 120 valence electrons. The first-order chi connectivity index (χ1) is 9.42. The van der Waals surface area contributed by atoms with Gasteiger partial charge in [0.05, 0.1) is 11.9 Å². The summed E-state index contributed by atoms with van der Waals surface area (Å²) >= 11 is 5.82. The van der Waals surface area contributed by atoms with Gasteiger partial charge in [0.25, 0.3) is 5.56 Å². The Bertz CT molecular complexity index is 549. The second-order valence-corrected chi connectivity index (χ2v) is 6.48. The molecule has 1 heterocycles.